The van der Waals surface area contributed by atoms with Gasteiger partial charge in [-0.1, -0.05) is 126 Å². The molecule has 3 rings (SSSR count). The second-order valence-corrected chi connectivity index (χ2v) is 19.8. The van der Waals surface area contributed by atoms with Crippen LogP contribution in [0, 0.1) is 0 Å². The summed E-state index contributed by atoms with van der Waals surface area (Å²) < 4.78 is 27.6. The smallest absolute Gasteiger partial charge is 0.407 e. The van der Waals surface area contributed by atoms with Gasteiger partial charge in [0.25, 0.3) is 0 Å². The zero-order valence-electron chi connectivity index (χ0n) is 41.9. The summed E-state index contributed by atoms with van der Waals surface area (Å²) >= 11 is 0. The van der Waals surface area contributed by atoms with Crippen molar-refractivity contribution >= 4 is 29.8 Å². The third-order valence-electron chi connectivity index (χ3n) is 11.4. The molecule has 0 saturated carbocycles. The maximum absolute atomic E-state index is 13.0. The van der Waals surface area contributed by atoms with E-state index < -0.39 is 29.3 Å². The van der Waals surface area contributed by atoms with E-state index in [1.165, 1.54) is 68.9 Å². The number of benzene rings is 2. The maximum Gasteiger partial charge on any atom is 0.407 e. The summed E-state index contributed by atoms with van der Waals surface area (Å²) in [6.45, 7) is 13.4. The summed E-state index contributed by atoms with van der Waals surface area (Å²) in [7, 11) is 0. The first-order valence-corrected chi connectivity index (χ1v) is 25.4. The minimum atomic E-state index is -0.731. The maximum atomic E-state index is 13.0. The van der Waals surface area contributed by atoms with E-state index in [2.05, 4.69) is 40.2 Å². The van der Waals surface area contributed by atoms with Gasteiger partial charge in [-0.2, -0.15) is 0 Å². The van der Waals surface area contributed by atoms with Gasteiger partial charge in [-0.05, 0) is 95.9 Å². The highest BCUT2D eigenvalue weighted by Gasteiger charge is 2.29. The molecule has 1 unspecified atom stereocenters. The first-order valence-electron chi connectivity index (χ1n) is 25.4. The van der Waals surface area contributed by atoms with Crippen LogP contribution >= 0.6 is 0 Å². The van der Waals surface area contributed by atoms with E-state index in [1.807, 2.05) is 65.8 Å². The van der Waals surface area contributed by atoms with Crippen LogP contribution in [0.15, 0.2) is 48.5 Å². The molecule has 1 atom stereocenters. The number of esters is 2. The Hall–Kier alpha value is -4.49. The molecule has 13 heteroatoms. The molecule has 1 aliphatic rings. The van der Waals surface area contributed by atoms with Crippen LogP contribution in [-0.4, -0.2) is 93.2 Å². The molecule has 0 radical (unpaired) electrons. The van der Waals surface area contributed by atoms with Crippen LogP contribution in [0.5, 0.6) is 0 Å². The van der Waals surface area contributed by atoms with Gasteiger partial charge < -0.3 is 39.6 Å². The predicted octanol–water partition coefficient (Wildman–Crippen LogP) is 10.6. The van der Waals surface area contributed by atoms with Crippen molar-refractivity contribution in [2.75, 3.05) is 46.1 Å². The van der Waals surface area contributed by atoms with Crippen molar-refractivity contribution in [3.05, 3.63) is 59.7 Å². The molecule has 0 aliphatic heterocycles. The highest BCUT2D eigenvalue weighted by molar-refractivity contribution is 5.84. The van der Waals surface area contributed by atoms with E-state index in [9.17, 15) is 24.0 Å². The van der Waals surface area contributed by atoms with Gasteiger partial charge in [-0.15, -0.1) is 0 Å². The highest BCUT2D eigenvalue weighted by atomic mass is 16.6. The van der Waals surface area contributed by atoms with Crippen molar-refractivity contribution in [1.29, 1.82) is 0 Å². The molecule has 2 aromatic carbocycles. The number of hydrogen-bond acceptors (Lipinski definition) is 10. The number of amides is 3. The van der Waals surface area contributed by atoms with Gasteiger partial charge >= 0.3 is 18.0 Å². The molecule has 3 amide bonds. The van der Waals surface area contributed by atoms with Gasteiger partial charge in [0.2, 0.25) is 11.8 Å². The number of alkyl carbamates (subject to hydrolysis) is 1. The molecule has 1 aliphatic carbocycles. The molecule has 0 fully saturated rings. The van der Waals surface area contributed by atoms with E-state index in [0.29, 0.717) is 65.0 Å². The molecule has 0 bridgehead atoms. The molecule has 13 nitrogen and oxygen atoms in total. The van der Waals surface area contributed by atoms with Crippen molar-refractivity contribution in [1.82, 2.24) is 16.0 Å². The Morgan fingerprint density at radius 3 is 1.58 bits per heavy atom. The van der Waals surface area contributed by atoms with E-state index in [4.69, 9.17) is 23.7 Å². The monoisotopic (exact) mass is 936 g/mol. The summed E-state index contributed by atoms with van der Waals surface area (Å²) in [4.78, 5) is 62.3. The number of rotatable bonds is 35. The van der Waals surface area contributed by atoms with Crippen LogP contribution in [0.3, 0.4) is 0 Å². The minimum Gasteiger partial charge on any atom is -0.460 e. The minimum absolute atomic E-state index is 0.00436. The topological polar surface area (TPSA) is 168 Å². The lowest BCUT2D eigenvalue weighted by molar-refractivity contribution is -0.159. The Bertz CT molecular complexity index is 1710. The standard InChI is InChI=1S/C54H85N3O10/c1-53(2,3)66-50(60)33-20-18-16-14-12-10-8-7-9-11-13-15-17-19-32-49(59)57-47(51(61)67-54(4,5)6)31-25-26-35-55-48(58)34-37-63-39-40-64-38-36-56-52(62)65-41-46-44-29-23-21-27-42(44)43-28-22-24-30-45(43)46/h21-24,27-30,46-47H,7-20,25-26,31-41H2,1-6H3,(H,55,58)(H,56,62)(H,57,59). The number of hydrogen-bond donors (Lipinski definition) is 3. The quantitative estimate of drug-likeness (QED) is 0.0344. The van der Waals surface area contributed by atoms with Crippen molar-refractivity contribution < 1.29 is 47.7 Å². The summed E-state index contributed by atoms with van der Waals surface area (Å²) in [6.07, 6.45) is 18.3. The number of ether oxygens (including phenoxy) is 5. The van der Waals surface area contributed by atoms with Gasteiger partial charge in [0.1, 0.15) is 23.9 Å². The molecule has 0 spiro atoms. The van der Waals surface area contributed by atoms with Crippen LogP contribution in [0.25, 0.3) is 11.1 Å². The largest absolute Gasteiger partial charge is 0.460 e. The average molecular weight is 936 g/mol. The highest BCUT2D eigenvalue weighted by Crippen LogP contribution is 2.44. The summed E-state index contributed by atoms with van der Waals surface area (Å²) in [5.74, 6) is -0.788. The van der Waals surface area contributed by atoms with Crippen LogP contribution in [0.2, 0.25) is 0 Å². The van der Waals surface area contributed by atoms with Crippen LogP contribution in [0.1, 0.15) is 187 Å². The van der Waals surface area contributed by atoms with Gasteiger partial charge in [-0.3, -0.25) is 14.4 Å². The molecule has 0 aromatic heterocycles. The third kappa shape index (κ3) is 26.0. The lowest BCUT2D eigenvalue weighted by atomic mass is 9.98. The second kappa shape index (κ2) is 32.3. The fourth-order valence-electron chi connectivity index (χ4n) is 8.11. The Kier molecular flexibility index (Phi) is 27.4. The first-order chi connectivity index (χ1) is 32.1. The van der Waals surface area contributed by atoms with Gasteiger partial charge in [-0.25, -0.2) is 9.59 Å². The first kappa shape index (κ1) is 56.8. The average Bonchev–Trinajstić information content (AvgIpc) is 3.59. The number of carbonyl (C=O) groups excluding carboxylic acids is 5. The van der Waals surface area contributed by atoms with Gasteiger partial charge in [0.05, 0.1) is 26.4 Å². The van der Waals surface area contributed by atoms with E-state index >= 15 is 0 Å². The lowest BCUT2D eigenvalue weighted by Crippen LogP contribution is -2.44. The third-order valence-corrected chi connectivity index (χ3v) is 11.4. The molecular formula is C54H85N3O10. The number of fused-ring (bicyclic) bond motifs is 3. The summed E-state index contributed by atoms with van der Waals surface area (Å²) in [5.41, 5.74) is 3.62. The molecule has 0 saturated heterocycles. The SMILES string of the molecule is CC(C)(C)OC(=O)CCCCCCCCCCCCCCCCC(=O)NC(CCCCNC(=O)CCOCCOCCNC(=O)OCC1c2ccccc2-c2ccccc21)C(=O)OC(C)(C)C. The van der Waals surface area contributed by atoms with E-state index in [1.54, 1.807) is 0 Å². The number of unbranched alkanes of at least 4 members (excludes halogenated alkanes) is 14. The zero-order valence-corrected chi connectivity index (χ0v) is 41.9. The van der Waals surface area contributed by atoms with Gasteiger partial charge in [0.15, 0.2) is 0 Å². The Labute approximate surface area is 402 Å². The van der Waals surface area contributed by atoms with Crippen LogP contribution < -0.4 is 16.0 Å². The van der Waals surface area contributed by atoms with Gasteiger partial charge in [0, 0.05) is 38.3 Å². The van der Waals surface area contributed by atoms with Crippen LogP contribution in [0.4, 0.5) is 4.79 Å². The van der Waals surface area contributed by atoms with E-state index in [-0.39, 0.29) is 43.3 Å². The number of nitrogens with one attached hydrogen (secondary N) is 3. The molecule has 67 heavy (non-hydrogen) atoms. The van der Waals surface area contributed by atoms with E-state index in [0.717, 1.165) is 43.2 Å². The Balaban J connectivity index is 1.12. The normalized spacial score (nSPS) is 12.7. The molecule has 2 aromatic rings. The summed E-state index contributed by atoms with van der Waals surface area (Å²) in [5, 5.41) is 8.53. The van der Waals surface area contributed by atoms with Crippen molar-refractivity contribution in [2.45, 2.75) is 193 Å². The fraction of sp³-hybridized carbons (Fsp3) is 0.685. The van der Waals surface area contributed by atoms with Crippen molar-refractivity contribution in [2.24, 2.45) is 0 Å². The zero-order chi connectivity index (χ0) is 48.8. The van der Waals surface area contributed by atoms with Crippen molar-refractivity contribution in [3.8, 4) is 11.1 Å². The fourth-order valence-corrected chi connectivity index (χ4v) is 8.11. The summed E-state index contributed by atoms with van der Waals surface area (Å²) in [6, 6.07) is 15.7. The molecular weight excluding hydrogens is 851 g/mol. The lowest BCUT2D eigenvalue weighted by Gasteiger charge is -2.24. The Morgan fingerprint density at radius 1 is 0.522 bits per heavy atom. The molecule has 376 valence electrons. The van der Waals surface area contributed by atoms with Crippen LogP contribution in [-0.2, 0) is 42.9 Å². The molecule has 0 heterocycles. The van der Waals surface area contributed by atoms with Crippen molar-refractivity contribution in [3.63, 3.8) is 0 Å². The number of carbonyl (C=O) groups is 5. The predicted molar refractivity (Wildman–Crippen MR) is 264 cm³/mol. The Morgan fingerprint density at radius 2 is 1.03 bits per heavy atom. The second-order valence-electron chi connectivity index (χ2n) is 19.8. The molecule has 3 N–H and O–H groups in total.